The second-order valence-corrected chi connectivity index (χ2v) is 13.0. The van der Waals surface area contributed by atoms with Gasteiger partial charge in [0.2, 0.25) is 0 Å². The van der Waals surface area contributed by atoms with Crippen molar-refractivity contribution in [1.82, 2.24) is 0 Å². The Bertz CT molecular complexity index is 1340. The summed E-state index contributed by atoms with van der Waals surface area (Å²) >= 11 is -6.72. The van der Waals surface area contributed by atoms with Gasteiger partial charge >= 0.3 is 203 Å². The Morgan fingerprint density at radius 3 is 1.12 bits per heavy atom. The van der Waals surface area contributed by atoms with Crippen molar-refractivity contribution in [2.24, 2.45) is 0 Å². The summed E-state index contributed by atoms with van der Waals surface area (Å²) in [5, 5.41) is 5.82. The summed E-state index contributed by atoms with van der Waals surface area (Å²) in [6.45, 7) is 13.8. The Balaban J connectivity index is 0.000000523. The molecule has 4 rings (SSSR count). The first-order valence-corrected chi connectivity index (χ1v) is 15.3. The van der Waals surface area contributed by atoms with E-state index in [0.717, 1.165) is 0 Å². The van der Waals surface area contributed by atoms with Crippen LogP contribution in [0.15, 0.2) is 48.5 Å². The van der Waals surface area contributed by atoms with Gasteiger partial charge < -0.3 is 0 Å². The fraction of sp³-hybridized carbons (Fsp3) is 0.231. The monoisotopic (exact) mass is 574 g/mol. The van der Waals surface area contributed by atoms with Gasteiger partial charge in [-0.05, 0) is 0 Å². The molecular weight excluding hydrogens is 547 g/mol. The first kappa shape index (κ1) is 24.9. The van der Waals surface area contributed by atoms with Crippen LogP contribution >= 0.6 is 0 Å². The molecule has 0 aromatic heterocycles. The number of rotatable bonds is 2. The van der Waals surface area contributed by atoms with E-state index in [-0.39, 0.29) is 0 Å². The molecule has 164 valence electrons. The average molecular weight is 573 g/mol. The Hall–Kier alpha value is -1.75. The van der Waals surface area contributed by atoms with E-state index in [4.69, 9.17) is 15.9 Å². The zero-order valence-corrected chi connectivity index (χ0v) is 23.3. The van der Waals surface area contributed by atoms with E-state index in [0.29, 0.717) is 0 Å². The van der Waals surface area contributed by atoms with Crippen LogP contribution in [0.3, 0.4) is 0 Å². The maximum absolute atomic E-state index is 8.59. The first-order chi connectivity index (χ1) is 14.9. The van der Waals surface area contributed by atoms with Crippen molar-refractivity contribution in [2.75, 3.05) is 0 Å². The van der Waals surface area contributed by atoms with Crippen LogP contribution in [0.5, 0.6) is 0 Å². The first-order valence-electron chi connectivity index (χ1n) is 10.3. The van der Waals surface area contributed by atoms with Crippen molar-refractivity contribution < 1.29 is 29.5 Å². The summed E-state index contributed by atoms with van der Waals surface area (Å²) < 4.78 is 37.7. The second kappa shape index (κ2) is 9.62. The molecule has 0 aliphatic heterocycles. The van der Waals surface area contributed by atoms with Gasteiger partial charge in [0.1, 0.15) is 0 Å². The Kier molecular flexibility index (Phi) is 7.48. The molecule has 0 fully saturated rings. The number of benzene rings is 4. The van der Waals surface area contributed by atoms with Gasteiger partial charge in [-0.15, -0.1) is 0 Å². The van der Waals surface area contributed by atoms with E-state index in [1.165, 1.54) is 54.9 Å². The van der Waals surface area contributed by atoms with Crippen LogP contribution in [-0.2, 0) is 21.2 Å². The van der Waals surface area contributed by atoms with Crippen LogP contribution in [0.4, 0.5) is 0 Å². The molecule has 0 atom stereocenters. The van der Waals surface area contributed by atoms with Crippen LogP contribution in [0, 0.1) is 41.5 Å². The molecule has 0 heterocycles. The van der Waals surface area contributed by atoms with E-state index < -0.39 is 34.8 Å². The third kappa shape index (κ3) is 5.08. The van der Waals surface area contributed by atoms with Crippen LogP contribution in [0.2, 0.25) is 0 Å². The molecular formula is C26H26CrO4Sn. The van der Waals surface area contributed by atoms with Gasteiger partial charge in [-0.2, -0.15) is 0 Å². The van der Waals surface area contributed by atoms with E-state index in [1.54, 1.807) is 7.16 Å². The summed E-state index contributed by atoms with van der Waals surface area (Å²) in [6.07, 6.45) is 0. The SMILES string of the molecule is Cc1c(C)[c]([Sn+2][c]2c(C)c(C)c(C)c3ccccc23)c2ccccc2c1C.[O]=[Cr](=[O])([O-])[O-]. The van der Waals surface area contributed by atoms with Gasteiger partial charge in [0, 0.05) is 0 Å². The topological polar surface area (TPSA) is 80.3 Å². The van der Waals surface area contributed by atoms with Gasteiger partial charge in [0.05, 0.1) is 0 Å². The van der Waals surface area contributed by atoms with E-state index in [9.17, 15) is 0 Å². The van der Waals surface area contributed by atoms with Gasteiger partial charge in [0.25, 0.3) is 0 Å². The number of aryl methyl sites for hydroxylation is 2. The molecule has 0 spiro atoms. The third-order valence-electron chi connectivity index (χ3n) is 6.45. The zero-order chi connectivity index (χ0) is 23.8. The van der Waals surface area contributed by atoms with E-state index in [2.05, 4.69) is 90.1 Å². The van der Waals surface area contributed by atoms with Crippen LogP contribution in [-0.4, -0.2) is 21.1 Å². The van der Waals surface area contributed by atoms with Gasteiger partial charge in [-0.1, -0.05) is 0 Å². The zero-order valence-electron chi connectivity index (χ0n) is 19.2. The van der Waals surface area contributed by atoms with Crippen molar-refractivity contribution >= 4 is 49.8 Å². The number of fused-ring (bicyclic) bond motifs is 2. The predicted molar refractivity (Wildman–Crippen MR) is 123 cm³/mol. The molecule has 0 saturated carbocycles. The number of hydrogen-bond donors (Lipinski definition) is 0. The summed E-state index contributed by atoms with van der Waals surface area (Å²) in [6, 6.07) is 18.0. The molecule has 0 amide bonds. The van der Waals surface area contributed by atoms with Crippen LogP contribution < -0.4 is 15.5 Å². The van der Waals surface area contributed by atoms with Crippen molar-refractivity contribution in [1.29, 1.82) is 0 Å². The van der Waals surface area contributed by atoms with Crippen LogP contribution in [0.25, 0.3) is 21.5 Å². The molecule has 32 heavy (non-hydrogen) atoms. The Labute approximate surface area is 201 Å². The molecule has 0 aliphatic carbocycles. The summed E-state index contributed by atoms with van der Waals surface area (Å²) in [5.41, 5.74) is 8.84. The van der Waals surface area contributed by atoms with Crippen molar-refractivity contribution in [2.45, 2.75) is 41.5 Å². The van der Waals surface area contributed by atoms with Gasteiger partial charge in [0.15, 0.2) is 0 Å². The molecule has 0 radical (unpaired) electrons. The minimum atomic E-state index is -5.75. The van der Waals surface area contributed by atoms with Gasteiger partial charge in [-0.25, -0.2) is 0 Å². The normalized spacial score (nSPS) is 11.2. The van der Waals surface area contributed by atoms with Gasteiger partial charge in [-0.3, -0.25) is 0 Å². The fourth-order valence-corrected chi connectivity index (χ4v) is 9.12. The standard InChI is InChI=1S/2C13H13.Cr.4O.Sn/c2*1-9-8-12-6-4-5-7-13(12)11(3)10(9)2;;;;;;/h2*4-7H,1-3H3;;;;;;/q;;;;;2*-1;+2. The summed E-state index contributed by atoms with van der Waals surface area (Å²) in [4.78, 5) is 0. The molecule has 4 aromatic rings. The fourth-order valence-electron chi connectivity index (χ4n) is 4.25. The molecule has 0 unspecified atom stereocenters. The molecule has 4 nitrogen and oxygen atoms in total. The molecule has 6 heteroatoms. The second-order valence-electron chi connectivity index (χ2n) is 8.12. The minimum absolute atomic E-state index is 0.968. The van der Waals surface area contributed by atoms with E-state index in [1.807, 2.05) is 0 Å². The molecule has 0 aliphatic rings. The van der Waals surface area contributed by atoms with Crippen molar-refractivity contribution in [3.63, 3.8) is 0 Å². The van der Waals surface area contributed by atoms with Crippen molar-refractivity contribution in [3.05, 3.63) is 81.9 Å². The Morgan fingerprint density at radius 1 is 0.531 bits per heavy atom. The van der Waals surface area contributed by atoms with E-state index >= 15 is 0 Å². The molecule has 0 saturated heterocycles. The molecule has 0 N–H and O–H groups in total. The third-order valence-corrected chi connectivity index (χ3v) is 11.6. The maximum atomic E-state index is 8.59. The predicted octanol–water partition coefficient (Wildman–Crippen LogP) is 2.88. The summed E-state index contributed by atoms with van der Waals surface area (Å²) in [5.74, 6) is 0. The quantitative estimate of drug-likeness (QED) is 0.346. The van der Waals surface area contributed by atoms with Crippen LogP contribution in [0.1, 0.15) is 33.4 Å². The van der Waals surface area contributed by atoms with Crippen molar-refractivity contribution in [3.8, 4) is 0 Å². The Morgan fingerprint density at radius 2 is 0.812 bits per heavy atom. The molecule has 4 aromatic carbocycles. The molecule has 0 bridgehead atoms. The average Bonchev–Trinajstić information content (AvgIpc) is 2.74. The number of hydrogen-bond acceptors (Lipinski definition) is 4. The summed E-state index contributed by atoms with van der Waals surface area (Å²) in [7, 11) is 0.